The Morgan fingerprint density at radius 1 is 1.29 bits per heavy atom. The minimum Gasteiger partial charge on any atom is -0.390 e. The molecule has 1 amide bonds. The summed E-state index contributed by atoms with van der Waals surface area (Å²) in [5.41, 5.74) is 5.48. The molecule has 2 unspecified atom stereocenters. The highest BCUT2D eigenvalue weighted by Crippen LogP contribution is 2.25. The number of amides is 1. The molecule has 1 saturated carbocycles. The Morgan fingerprint density at radius 3 is 2.61 bits per heavy atom. The van der Waals surface area contributed by atoms with Gasteiger partial charge in [0.15, 0.2) is 0 Å². The van der Waals surface area contributed by atoms with Crippen LogP contribution >= 0.6 is 11.6 Å². The third kappa shape index (κ3) is 5.54. The van der Waals surface area contributed by atoms with E-state index in [0.29, 0.717) is 11.5 Å². The number of nitrogens with one attached hydrogen (secondary N) is 1. The van der Waals surface area contributed by atoms with Crippen LogP contribution in [0, 0.1) is 12.8 Å². The van der Waals surface area contributed by atoms with Gasteiger partial charge in [-0.3, -0.25) is 9.36 Å². The average Bonchev–Trinajstić information content (AvgIpc) is 2.94. The van der Waals surface area contributed by atoms with Crippen molar-refractivity contribution in [2.24, 2.45) is 11.7 Å². The maximum absolute atomic E-state index is 12.8. The lowest BCUT2D eigenvalue weighted by Crippen LogP contribution is -2.40. The molecular formula is C21H30ClN5O4. The standard InChI is InChI=1S/C21H30ClN5O4/c1-13-25-27(21(31)26(13)12-16(28)11-23)15-8-9-18(22)17(10-15)20(30)24-19(29)14-6-4-2-3-5-7-14/h8-10,14,16,19,28-29H,2-7,11-12,23H2,1H3,(H,24,30). The van der Waals surface area contributed by atoms with Gasteiger partial charge in [-0.25, -0.2) is 4.79 Å². The summed E-state index contributed by atoms with van der Waals surface area (Å²) in [7, 11) is 0. The van der Waals surface area contributed by atoms with Crippen molar-refractivity contribution in [3.05, 3.63) is 45.1 Å². The van der Waals surface area contributed by atoms with E-state index in [-0.39, 0.29) is 29.6 Å². The van der Waals surface area contributed by atoms with E-state index in [1.165, 1.54) is 16.7 Å². The third-order valence-corrected chi connectivity index (χ3v) is 6.11. The van der Waals surface area contributed by atoms with Crippen LogP contribution in [0.3, 0.4) is 0 Å². The van der Waals surface area contributed by atoms with E-state index in [2.05, 4.69) is 10.4 Å². The molecule has 1 aromatic heterocycles. The summed E-state index contributed by atoms with van der Waals surface area (Å²) in [5, 5.41) is 27.4. The molecule has 1 aromatic carbocycles. The van der Waals surface area contributed by atoms with E-state index >= 15 is 0 Å². The molecule has 0 aliphatic heterocycles. The summed E-state index contributed by atoms with van der Waals surface area (Å²) in [5.74, 6) is -0.0862. The van der Waals surface area contributed by atoms with Crippen molar-refractivity contribution >= 4 is 17.5 Å². The first kappa shape index (κ1) is 23.5. The van der Waals surface area contributed by atoms with E-state index < -0.39 is 23.9 Å². The lowest BCUT2D eigenvalue weighted by atomic mass is 9.98. The number of nitrogens with zero attached hydrogens (tertiary/aromatic N) is 3. The molecule has 31 heavy (non-hydrogen) atoms. The smallest absolute Gasteiger partial charge is 0.350 e. The number of hydrogen-bond donors (Lipinski definition) is 4. The molecule has 1 aliphatic rings. The van der Waals surface area contributed by atoms with Crippen LogP contribution in [-0.2, 0) is 6.54 Å². The highest BCUT2D eigenvalue weighted by molar-refractivity contribution is 6.33. The topological polar surface area (TPSA) is 135 Å². The molecule has 2 atom stereocenters. The number of aliphatic hydroxyl groups excluding tert-OH is 2. The van der Waals surface area contributed by atoms with E-state index in [9.17, 15) is 19.8 Å². The first-order chi connectivity index (χ1) is 14.8. The third-order valence-electron chi connectivity index (χ3n) is 5.78. The minimum absolute atomic E-state index is 0.0170. The zero-order chi connectivity index (χ0) is 22.5. The highest BCUT2D eigenvalue weighted by Gasteiger charge is 2.24. The number of aromatic nitrogens is 3. The van der Waals surface area contributed by atoms with Gasteiger partial charge in [0, 0.05) is 12.5 Å². The molecule has 0 bridgehead atoms. The zero-order valence-corrected chi connectivity index (χ0v) is 18.4. The summed E-state index contributed by atoms with van der Waals surface area (Å²) in [6.45, 7) is 1.69. The minimum atomic E-state index is -0.952. The molecule has 1 heterocycles. The normalized spacial score (nSPS) is 17.2. The lowest BCUT2D eigenvalue weighted by Gasteiger charge is -2.22. The van der Waals surface area contributed by atoms with E-state index in [1.807, 2.05) is 0 Å². The summed E-state index contributed by atoms with van der Waals surface area (Å²) in [6.07, 6.45) is 4.29. The van der Waals surface area contributed by atoms with Crippen LogP contribution < -0.4 is 16.7 Å². The highest BCUT2D eigenvalue weighted by atomic mass is 35.5. The van der Waals surface area contributed by atoms with Gasteiger partial charge in [-0.1, -0.05) is 37.3 Å². The molecular weight excluding hydrogens is 422 g/mol. The number of carbonyl (C=O) groups excluding carboxylic acids is 1. The van der Waals surface area contributed by atoms with Crippen LogP contribution in [0.4, 0.5) is 0 Å². The molecule has 10 heteroatoms. The fraction of sp³-hybridized carbons (Fsp3) is 0.571. The van der Waals surface area contributed by atoms with Crippen LogP contribution in [0.2, 0.25) is 5.02 Å². The van der Waals surface area contributed by atoms with Gasteiger partial charge in [-0.15, -0.1) is 0 Å². The van der Waals surface area contributed by atoms with Crippen molar-refractivity contribution in [2.75, 3.05) is 6.54 Å². The van der Waals surface area contributed by atoms with Gasteiger partial charge in [-0.2, -0.15) is 9.78 Å². The van der Waals surface area contributed by atoms with E-state index in [4.69, 9.17) is 17.3 Å². The van der Waals surface area contributed by atoms with Gasteiger partial charge in [0.1, 0.15) is 12.1 Å². The van der Waals surface area contributed by atoms with Crippen molar-refractivity contribution in [1.29, 1.82) is 0 Å². The van der Waals surface area contributed by atoms with Gasteiger partial charge in [0.2, 0.25) is 0 Å². The second kappa shape index (κ2) is 10.4. The molecule has 1 fully saturated rings. The fourth-order valence-electron chi connectivity index (χ4n) is 3.93. The Labute approximate surface area is 185 Å². The molecule has 3 rings (SSSR count). The summed E-state index contributed by atoms with van der Waals surface area (Å²) in [4.78, 5) is 25.6. The number of rotatable bonds is 7. The number of aryl methyl sites for hydroxylation is 1. The predicted octanol–water partition coefficient (Wildman–Crippen LogP) is 1.33. The van der Waals surface area contributed by atoms with Crippen molar-refractivity contribution in [3.8, 4) is 5.69 Å². The Bertz CT molecular complexity index is 965. The van der Waals surface area contributed by atoms with Crippen molar-refractivity contribution < 1.29 is 15.0 Å². The second-order valence-corrected chi connectivity index (χ2v) is 8.48. The number of halogens is 1. The molecule has 5 N–H and O–H groups in total. The molecule has 1 aliphatic carbocycles. The van der Waals surface area contributed by atoms with E-state index in [0.717, 1.165) is 43.2 Å². The Kier molecular flexibility index (Phi) is 7.88. The van der Waals surface area contributed by atoms with Crippen LogP contribution in [0.25, 0.3) is 5.69 Å². The zero-order valence-electron chi connectivity index (χ0n) is 17.6. The average molecular weight is 452 g/mol. The van der Waals surface area contributed by atoms with Gasteiger partial charge < -0.3 is 21.3 Å². The van der Waals surface area contributed by atoms with Crippen LogP contribution in [-0.4, -0.2) is 49.3 Å². The maximum Gasteiger partial charge on any atom is 0.350 e. The summed E-state index contributed by atoms with van der Waals surface area (Å²) < 4.78 is 2.47. The number of aliphatic hydroxyl groups is 2. The number of nitrogens with two attached hydrogens (primary N) is 1. The van der Waals surface area contributed by atoms with Gasteiger partial charge in [0.05, 0.1) is 28.9 Å². The summed E-state index contributed by atoms with van der Waals surface area (Å²) in [6, 6.07) is 4.56. The SMILES string of the molecule is Cc1nn(-c2ccc(Cl)c(C(=O)NC(O)C3CCCCCC3)c2)c(=O)n1CC(O)CN. The number of benzene rings is 1. The second-order valence-electron chi connectivity index (χ2n) is 8.08. The van der Waals surface area contributed by atoms with Gasteiger partial charge >= 0.3 is 5.69 Å². The Hall–Kier alpha value is -2.20. The molecule has 0 saturated heterocycles. The van der Waals surface area contributed by atoms with Crippen LogP contribution in [0.1, 0.15) is 54.7 Å². The Balaban J connectivity index is 1.82. The lowest BCUT2D eigenvalue weighted by molar-refractivity contribution is 0.0532. The van der Waals surface area contributed by atoms with Crippen LogP contribution in [0.15, 0.2) is 23.0 Å². The number of hydrogen-bond acceptors (Lipinski definition) is 6. The van der Waals surface area contributed by atoms with Crippen molar-refractivity contribution in [3.63, 3.8) is 0 Å². The quantitative estimate of drug-likeness (QED) is 0.370. The molecule has 2 aromatic rings. The van der Waals surface area contributed by atoms with Crippen molar-refractivity contribution in [1.82, 2.24) is 19.7 Å². The molecule has 0 spiro atoms. The predicted molar refractivity (Wildman–Crippen MR) is 117 cm³/mol. The van der Waals surface area contributed by atoms with Gasteiger partial charge in [0.25, 0.3) is 5.91 Å². The molecule has 170 valence electrons. The largest absolute Gasteiger partial charge is 0.390 e. The molecule has 0 radical (unpaired) electrons. The first-order valence-electron chi connectivity index (χ1n) is 10.6. The monoisotopic (exact) mass is 451 g/mol. The fourth-order valence-corrected chi connectivity index (χ4v) is 4.14. The number of carbonyl (C=O) groups is 1. The van der Waals surface area contributed by atoms with Gasteiger partial charge in [-0.05, 0) is 38.0 Å². The summed E-state index contributed by atoms with van der Waals surface area (Å²) >= 11 is 6.24. The van der Waals surface area contributed by atoms with Crippen molar-refractivity contribution in [2.45, 2.75) is 64.3 Å². The Morgan fingerprint density at radius 2 is 1.97 bits per heavy atom. The maximum atomic E-state index is 12.8. The first-order valence-corrected chi connectivity index (χ1v) is 11.0. The van der Waals surface area contributed by atoms with E-state index in [1.54, 1.807) is 13.0 Å². The molecule has 9 nitrogen and oxygen atoms in total. The van der Waals surface area contributed by atoms with Crippen LogP contribution in [0.5, 0.6) is 0 Å².